The number of piperidine rings is 1. The highest BCUT2D eigenvalue weighted by molar-refractivity contribution is 9.10. The number of likely N-dealkylation sites (tertiary alicyclic amines) is 1. The van der Waals surface area contributed by atoms with Crippen molar-refractivity contribution in [2.75, 3.05) is 20.2 Å². The van der Waals surface area contributed by atoms with Gasteiger partial charge in [0.2, 0.25) is 5.91 Å². The van der Waals surface area contributed by atoms with Crippen molar-refractivity contribution in [1.29, 1.82) is 0 Å². The molecule has 1 aliphatic heterocycles. The number of carbonyl (C=O) groups is 2. The second kappa shape index (κ2) is 6.26. The highest BCUT2D eigenvalue weighted by atomic mass is 79.9. The number of rotatable bonds is 3. The third kappa shape index (κ3) is 3.12. The highest BCUT2D eigenvalue weighted by Crippen LogP contribution is 2.27. The van der Waals surface area contributed by atoms with Crippen LogP contribution in [0.3, 0.4) is 0 Å². The summed E-state index contributed by atoms with van der Waals surface area (Å²) in [7, 11) is 1.58. The Morgan fingerprint density at radius 3 is 2.50 bits per heavy atom. The minimum Gasteiger partial charge on any atom is -0.496 e. The molecular formula is C14H17BrN2O3. The molecule has 1 saturated heterocycles. The van der Waals surface area contributed by atoms with E-state index in [0.717, 1.165) is 4.47 Å². The van der Waals surface area contributed by atoms with Crippen molar-refractivity contribution in [2.24, 2.45) is 11.7 Å². The summed E-state index contributed by atoms with van der Waals surface area (Å²) in [5.41, 5.74) is 5.90. The quantitative estimate of drug-likeness (QED) is 0.911. The van der Waals surface area contributed by atoms with Crippen LogP contribution in [-0.4, -0.2) is 36.9 Å². The maximum absolute atomic E-state index is 12.4. The number of ether oxygens (including phenoxy) is 1. The van der Waals surface area contributed by atoms with Gasteiger partial charge in [-0.15, -0.1) is 0 Å². The second-order valence-electron chi connectivity index (χ2n) is 4.82. The summed E-state index contributed by atoms with van der Waals surface area (Å²) < 4.78 is 5.89. The molecule has 0 aliphatic carbocycles. The van der Waals surface area contributed by atoms with Crippen LogP contribution in [0.25, 0.3) is 0 Å². The highest BCUT2D eigenvalue weighted by Gasteiger charge is 2.26. The molecule has 0 unspecified atom stereocenters. The molecule has 20 heavy (non-hydrogen) atoms. The van der Waals surface area contributed by atoms with Crippen LogP contribution in [0.4, 0.5) is 0 Å². The Bertz CT molecular complexity index is 525. The Labute approximate surface area is 126 Å². The number of methoxy groups -OCH3 is 1. The number of nitrogens with two attached hydrogens (primary N) is 1. The minimum absolute atomic E-state index is 0.0312. The Morgan fingerprint density at radius 1 is 1.35 bits per heavy atom. The Kier molecular flexibility index (Phi) is 4.65. The van der Waals surface area contributed by atoms with Gasteiger partial charge in [-0.25, -0.2) is 0 Å². The maximum Gasteiger partial charge on any atom is 0.253 e. The summed E-state index contributed by atoms with van der Waals surface area (Å²) in [6, 6.07) is 5.25. The van der Waals surface area contributed by atoms with E-state index >= 15 is 0 Å². The van der Waals surface area contributed by atoms with Gasteiger partial charge in [-0.2, -0.15) is 0 Å². The van der Waals surface area contributed by atoms with E-state index in [1.165, 1.54) is 0 Å². The van der Waals surface area contributed by atoms with Gasteiger partial charge in [0.1, 0.15) is 5.75 Å². The molecule has 1 aromatic carbocycles. The van der Waals surface area contributed by atoms with Crippen LogP contribution >= 0.6 is 15.9 Å². The molecule has 2 N–H and O–H groups in total. The van der Waals surface area contributed by atoms with Crippen LogP contribution in [0, 0.1) is 5.92 Å². The van der Waals surface area contributed by atoms with E-state index in [1.54, 1.807) is 30.2 Å². The zero-order chi connectivity index (χ0) is 14.7. The molecule has 0 bridgehead atoms. The van der Waals surface area contributed by atoms with Crippen molar-refractivity contribution in [2.45, 2.75) is 12.8 Å². The van der Waals surface area contributed by atoms with E-state index < -0.39 is 0 Å². The Morgan fingerprint density at radius 2 is 2.00 bits per heavy atom. The molecule has 0 saturated carbocycles. The third-order valence-corrected chi connectivity index (χ3v) is 4.20. The summed E-state index contributed by atoms with van der Waals surface area (Å²) >= 11 is 3.37. The van der Waals surface area contributed by atoms with E-state index in [-0.39, 0.29) is 17.7 Å². The Hall–Kier alpha value is -1.56. The van der Waals surface area contributed by atoms with Crippen molar-refractivity contribution in [3.05, 3.63) is 28.2 Å². The van der Waals surface area contributed by atoms with E-state index in [9.17, 15) is 9.59 Å². The molecule has 0 radical (unpaired) electrons. The molecule has 2 rings (SSSR count). The molecule has 0 atom stereocenters. The largest absolute Gasteiger partial charge is 0.496 e. The zero-order valence-corrected chi connectivity index (χ0v) is 12.9. The zero-order valence-electron chi connectivity index (χ0n) is 11.3. The average molecular weight is 341 g/mol. The first kappa shape index (κ1) is 14.8. The van der Waals surface area contributed by atoms with Gasteiger partial charge in [0.25, 0.3) is 5.91 Å². The number of hydrogen-bond acceptors (Lipinski definition) is 3. The lowest BCUT2D eigenvalue weighted by Crippen LogP contribution is -2.41. The maximum atomic E-state index is 12.4. The fraction of sp³-hybridized carbons (Fsp3) is 0.429. The summed E-state index contributed by atoms with van der Waals surface area (Å²) in [6.07, 6.45) is 1.27. The van der Waals surface area contributed by atoms with Crippen LogP contribution in [0.15, 0.2) is 22.7 Å². The normalized spacial score (nSPS) is 16.0. The second-order valence-corrected chi connectivity index (χ2v) is 5.67. The molecule has 2 amide bonds. The molecule has 0 aromatic heterocycles. The smallest absolute Gasteiger partial charge is 0.253 e. The lowest BCUT2D eigenvalue weighted by Gasteiger charge is -2.30. The average Bonchev–Trinajstić information content (AvgIpc) is 2.46. The third-order valence-electron chi connectivity index (χ3n) is 3.58. The molecule has 108 valence electrons. The molecule has 1 fully saturated rings. The molecular weight excluding hydrogens is 324 g/mol. The van der Waals surface area contributed by atoms with E-state index in [2.05, 4.69) is 15.9 Å². The first-order valence-electron chi connectivity index (χ1n) is 6.45. The Balaban J connectivity index is 2.05. The topological polar surface area (TPSA) is 72.6 Å². The molecule has 1 aliphatic rings. The van der Waals surface area contributed by atoms with Gasteiger partial charge in [0.05, 0.1) is 11.6 Å². The SMILES string of the molecule is COc1ccc(C(=O)N2CCC(C(N)=O)CC2)cc1Br. The number of amides is 2. The summed E-state index contributed by atoms with van der Waals surface area (Å²) in [5.74, 6) is 0.274. The van der Waals surface area contributed by atoms with Crippen molar-refractivity contribution in [3.8, 4) is 5.75 Å². The summed E-state index contributed by atoms with van der Waals surface area (Å²) in [5, 5.41) is 0. The monoisotopic (exact) mass is 340 g/mol. The van der Waals surface area contributed by atoms with Crippen LogP contribution in [0.1, 0.15) is 23.2 Å². The summed E-state index contributed by atoms with van der Waals surface area (Å²) in [6.45, 7) is 1.13. The van der Waals surface area contributed by atoms with Gasteiger partial charge in [-0.3, -0.25) is 9.59 Å². The van der Waals surface area contributed by atoms with Crippen molar-refractivity contribution < 1.29 is 14.3 Å². The van der Waals surface area contributed by atoms with E-state index in [0.29, 0.717) is 37.2 Å². The number of nitrogens with zero attached hydrogens (tertiary/aromatic N) is 1. The number of halogens is 1. The fourth-order valence-corrected chi connectivity index (χ4v) is 2.89. The van der Waals surface area contributed by atoms with Crippen LogP contribution in [0.5, 0.6) is 5.75 Å². The first-order valence-corrected chi connectivity index (χ1v) is 7.24. The van der Waals surface area contributed by atoms with Crippen LogP contribution in [0.2, 0.25) is 0 Å². The van der Waals surface area contributed by atoms with E-state index in [1.807, 2.05) is 0 Å². The molecule has 1 heterocycles. The van der Waals surface area contributed by atoms with E-state index in [4.69, 9.17) is 10.5 Å². The van der Waals surface area contributed by atoms with Gasteiger partial charge in [-0.05, 0) is 47.0 Å². The fourth-order valence-electron chi connectivity index (χ4n) is 2.35. The van der Waals surface area contributed by atoms with Gasteiger partial charge < -0.3 is 15.4 Å². The molecule has 5 nitrogen and oxygen atoms in total. The number of primary amides is 1. The lowest BCUT2D eigenvalue weighted by atomic mass is 9.96. The predicted molar refractivity (Wildman–Crippen MR) is 78.5 cm³/mol. The predicted octanol–water partition coefficient (Wildman–Crippen LogP) is 1.80. The first-order chi connectivity index (χ1) is 9.52. The van der Waals surface area contributed by atoms with Crippen LogP contribution < -0.4 is 10.5 Å². The van der Waals surface area contributed by atoms with Gasteiger partial charge in [-0.1, -0.05) is 0 Å². The van der Waals surface area contributed by atoms with Gasteiger partial charge >= 0.3 is 0 Å². The molecule has 0 spiro atoms. The van der Waals surface area contributed by atoms with Crippen molar-refractivity contribution in [3.63, 3.8) is 0 Å². The number of carbonyl (C=O) groups excluding carboxylic acids is 2. The van der Waals surface area contributed by atoms with Gasteiger partial charge in [0, 0.05) is 24.6 Å². The summed E-state index contributed by atoms with van der Waals surface area (Å²) in [4.78, 5) is 25.2. The molecule has 1 aromatic rings. The molecule has 6 heteroatoms. The standard InChI is InChI=1S/C14H17BrN2O3/c1-20-12-3-2-10(8-11(12)15)14(19)17-6-4-9(5-7-17)13(16)18/h2-3,8-9H,4-7H2,1H3,(H2,16,18). The lowest BCUT2D eigenvalue weighted by molar-refractivity contribution is -0.123. The van der Waals surface area contributed by atoms with Crippen LogP contribution in [-0.2, 0) is 4.79 Å². The van der Waals surface area contributed by atoms with Crippen molar-refractivity contribution >= 4 is 27.7 Å². The van der Waals surface area contributed by atoms with Gasteiger partial charge in [0.15, 0.2) is 0 Å². The minimum atomic E-state index is -0.274. The van der Waals surface area contributed by atoms with Crippen molar-refractivity contribution in [1.82, 2.24) is 4.90 Å². The number of benzene rings is 1. The number of hydrogen-bond donors (Lipinski definition) is 1.